The van der Waals surface area contributed by atoms with Crippen LogP contribution in [-0.2, 0) is 16.4 Å². The van der Waals surface area contributed by atoms with Crippen molar-refractivity contribution < 1.29 is 12.8 Å². The van der Waals surface area contributed by atoms with Crippen molar-refractivity contribution in [2.75, 3.05) is 5.32 Å². The number of furan rings is 1. The lowest BCUT2D eigenvalue weighted by Crippen LogP contribution is -2.20. The van der Waals surface area contributed by atoms with Gasteiger partial charge in [-0.1, -0.05) is 0 Å². The van der Waals surface area contributed by atoms with Gasteiger partial charge in [0.25, 0.3) is 0 Å². The lowest BCUT2D eigenvalue weighted by atomic mass is 10.1. The van der Waals surface area contributed by atoms with Crippen LogP contribution in [0, 0.1) is 13.8 Å². The van der Waals surface area contributed by atoms with Gasteiger partial charge in [0.1, 0.15) is 5.76 Å². The van der Waals surface area contributed by atoms with Crippen LogP contribution in [0.1, 0.15) is 23.8 Å². The molecule has 0 aliphatic rings. The molecule has 0 bridgehead atoms. The summed E-state index contributed by atoms with van der Waals surface area (Å²) in [4.78, 5) is 0.123. The molecule has 0 saturated heterocycles. The molecule has 0 radical (unpaired) electrons. The highest BCUT2D eigenvalue weighted by atomic mass is 32.2. The molecule has 114 valence electrons. The number of rotatable bonds is 5. The number of benzene rings is 1. The SMILES string of the molecule is Cc1cc(S(N)(=O)=O)cc(NC(C)Cc2ccco2)c1C. The van der Waals surface area contributed by atoms with Gasteiger partial charge < -0.3 is 9.73 Å². The van der Waals surface area contributed by atoms with Gasteiger partial charge >= 0.3 is 0 Å². The van der Waals surface area contributed by atoms with Gasteiger partial charge in [0, 0.05) is 18.2 Å². The van der Waals surface area contributed by atoms with E-state index >= 15 is 0 Å². The summed E-state index contributed by atoms with van der Waals surface area (Å²) in [6, 6.07) is 7.03. The summed E-state index contributed by atoms with van der Waals surface area (Å²) in [6.45, 7) is 5.83. The maximum Gasteiger partial charge on any atom is 0.238 e. The van der Waals surface area contributed by atoms with Gasteiger partial charge in [-0.05, 0) is 56.2 Å². The molecule has 0 saturated carbocycles. The molecule has 1 aromatic carbocycles. The van der Waals surface area contributed by atoms with E-state index in [1.165, 1.54) is 0 Å². The van der Waals surface area contributed by atoms with Crippen LogP contribution in [0.3, 0.4) is 0 Å². The first-order valence-electron chi connectivity index (χ1n) is 6.70. The second-order valence-corrected chi connectivity index (χ2v) is 6.85. The summed E-state index contributed by atoms with van der Waals surface area (Å²) in [5.74, 6) is 0.881. The molecule has 0 aliphatic carbocycles. The number of nitrogens with one attached hydrogen (secondary N) is 1. The third-order valence-electron chi connectivity index (χ3n) is 3.46. The topological polar surface area (TPSA) is 85.3 Å². The summed E-state index contributed by atoms with van der Waals surface area (Å²) >= 11 is 0. The van der Waals surface area contributed by atoms with Gasteiger partial charge in [-0.3, -0.25) is 0 Å². The van der Waals surface area contributed by atoms with Gasteiger partial charge in [0.05, 0.1) is 11.2 Å². The second kappa shape index (κ2) is 5.91. The van der Waals surface area contributed by atoms with Crippen LogP contribution in [0.5, 0.6) is 0 Å². The Bertz CT molecular complexity index is 722. The molecule has 0 amide bonds. The van der Waals surface area contributed by atoms with E-state index in [0.717, 1.165) is 22.6 Å². The van der Waals surface area contributed by atoms with E-state index in [9.17, 15) is 8.42 Å². The van der Waals surface area contributed by atoms with Crippen LogP contribution in [0.15, 0.2) is 39.8 Å². The van der Waals surface area contributed by atoms with Crippen molar-refractivity contribution in [1.82, 2.24) is 0 Å². The molecular weight excluding hydrogens is 288 g/mol. The van der Waals surface area contributed by atoms with Crippen molar-refractivity contribution in [3.05, 3.63) is 47.4 Å². The summed E-state index contributed by atoms with van der Waals surface area (Å²) in [5.41, 5.74) is 2.67. The second-order valence-electron chi connectivity index (χ2n) is 5.29. The van der Waals surface area contributed by atoms with Crippen molar-refractivity contribution >= 4 is 15.7 Å². The fourth-order valence-electron chi connectivity index (χ4n) is 2.19. The van der Waals surface area contributed by atoms with Crippen molar-refractivity contribution in [2.24, 2.45) is 5.14 Å². The van der Waals surface area contributed by atoms with E-state index in [2.05, 4.69) is 5.32 Å². The Kier molecular flexibility index (Phi) is 4.39. The zero-order valence-electron chi connectivity index (χ0n) is 12.4. The smallest absolute Gasteiger partial charge is 0.238 e. The van der Waals surface area contributed by atoms with Gasteiger partial charge in [0.2, 0.25) is 10.0 Å². The van der Waals surface area contributed by atoms with Crippen LogP contribution < -0.4 is 10.5 Å². The van der Waals surface area contributed by atoms with Crippen LogP contribution >= 0.6 is 0 Å². The zero-order chi connectivity index (χ0) is 15.6. The van der Waals surface area contributed by atoms with Crippen LogP contribution in [0.2, 0.25) is 0 Å². The van der Waals surface area contributed by atoms with Gasteiger partial charge in [0.15, 0.2) is 0 Å². The van der Waals surface area contributed by atoms with Crippen molar-refractivity contribution in [3.63, 3.8) is 0 Å². The average molecular weight is 308 g/mol. The van der Waals surface area contributed by atoms with Crippen molar-refractivity contribution in [2.45, 2.75) is 38.1 Å². The third kappa shape index (κ3) is 3.86. The first-order valence-corrected chi connectivity index (χ1v) is 8.25. The molecule has 6 heteroatoms. The fourth-order valence-corrected chi connectivity index (χ4v) is 2.81. The van der Waals surface area contributed by atoms with Crippen LogP contribution in [-0.4, -0.2) is 14.5 Å². The Hall–Kier alpha value is -1.79. The maximum atomic E-state index is 11.5. The van der Waals surface area contributed by atoms with E-state index in [1.807, 2.05) is 32.9 Å². The number of aryl methyl sites for hydroxylation is 1. The molecular formula is C15H20N2O3S. The zero-order valence-corrected chi connectivity index (χ0v) is 13.2. The summed E-state index contributed by atoms with van der Waals surface area (Å²) in [5, 5.41) is 8.54. The largest absolute Gasteiger partial charge is 0.469 e. The summed E-state index contributed by atoms with van der Waals surface area (Å²) < 4.78 is 28.4. The van der Waals surface area contributed by atoms with Crippen molar-refractivity contribution in [1.29, 1.82) is 0 Å². The molecule has 1 aromatic heterocycles. The molecule has 5 nitrogen and oxygen atoms in total. The Labute approximate surface area is 125 Å². The number of hydrogen-bond acceptors (Lipinski definition) is 4. The van der Waals surface area contributed by atoms with E-state index in [-0.39, 0.29) is 10.9 Å². The van der Waals surface area contributed by atoms with E-state index in [1.54, 1.807) is 18.4 Å². The Balaban J connectivity index is 2.24. The Morgan fingerprint density at radius 3 is 2.62 bits per heavy atom. The molecule has 1 unspecified atom stereocenters. The maximum absolute atomic E-state index is 11.5. The Morgan fingerprint density at radius 1 is 1.33 bits per heavy atom. The molecule has 1 atom stereocenters. The number of nitrogens with two attached hydrogens (primary N) is 1. The predicted octanol–water partition coefficient (Wildman–Crippen LogP) is 2.59. The molecule has 2 rings (SSSR count). The number of sulfonamides is 1. The number of primary sulfonamides is 1. The summed E-state index contributed by atoms with van der Waals surface area (Å²) in [6.07, 6.45) is 2.35. The molecule has 3 N–H and O–H groups in total. The van der Waals surface area contributed by atoms with Crippen molar-refractivity contribution in [3.8, 4) is 0 Å². The molecule has 0 spiro atoms. The molecule has 0 aliphatic heterocycles. The van der Waals surface area contributed by atoms with E-state index in [0.29, 0.717) is 6.42 Å². The van der Waals surface area contributed by atoms with E-state index in [4.69, 9.17) is 9.56 Å². The highest BCUT2D eigenvalue weighted by molar-refractivity contribution is 7.89. The lowest BCUT2D eigenvalue weighted by molar-refractivity contribution is 0.497. The lowest BCUT2D eigenvalue weighted by Gasteiger charge is -2.18. The number of anilines is 1. The Morgan fingerprint density at radius 2 is 2.05 bits per heavy atom. The highest BCUT2D eigenvalue weighted by Gasteiger charge is 2.14. The van der Waals surface area contributed by atoms with Gasteiger partial charge in [-0.15, -0.1) is 0 Å². The minimum absolute atomic E-state index is 0.102. The number of hydrogen-bond donors (Lipinski definition) is 2. The quantitative estimate of drug-likeness (QED) is 0.889. The average Bonchev–Trinajstić information content (AvgIpc) is 2.86. The van der Waals surface area contributed by atoms with Gasteiger partial charge in [-0.25, -0.2) is 13.6 Å². The van der Waals surface area contributed by atoms with Gasteiger partial charge in [-0.2, -0.15) is 0 Å². The minimum Gasteiger partial charge on any atom is -0.469 e. The van der Waals surface area contributed by atoms with Crippen LogP contribution in [0.25, 0.3) is 0 Å². The van der Waals surface area contributed by atoms with Crippen LogP contribution in [0.4, 0.5) is 5.69 Å². The molecule has 0 fully saturated rings. The third-order valence-corrected chi connectivity index (χ3v) is 4.35. The molecule has 2 aromatic rings. The predicted molar refractivity (Wildman–Crippen MR) is 82.8 cm³/mol. The standard InChI is InChI=1S/C15H20N2O3S/c1-10-7-14(21(16,18)19)9-15(12(10)3)17-11(2)8-13-5-4-6-20-13/h4-7,9,11,17H,8H2,1-3H3,(H2,16,18,19). The fraction of sp³-hybridized carbons (Fsp3) is 0.333. The highest BCUT2D eigenvalue weighted by Crippen LogP contribution is 2.24. The minimum atomic E-state index is -3.71. The monoisotopic (exact) mass is 308 g/mol. The van der Waals surface area contributed by atoms with E-state index < -0.39 is 10.0 Å². The summed E-state index contributed by atoms with van der Waals surface area (Å²) in [7, 11) is -3.71. The molecule has 1 heterocycles. The first kappa shape index (κ1) is 15.6. The first-order chi connectivity index (χ1) is 9.77. The normalized spacial score (nSPS) is 13.1. The molecule has 21 heavy (non-hydrogen) atoms.